The average molecular weight is 354 g/mol. The van der Waals surface area contributed by atoms with Crippen LogP contribution in [-0.4, -0.2) is 15.5 Å². The molecule has 5 nitrogen and oxygen atoms in total. The van der Waals surface area contributed by atoms with Crippen molar-refractivity contribution < 1.29 is 4.79 Å². The van der Waals surface area contributed by atoms with Crippen LogP contribution in [0.4, 0.5) is 0 Å². The number of hydrogen-bond donors (Lipinski definition) is 1. The number of hydrogen-bond acceptors (Lipinski definition) is 3. The van der Waals surface area contributed by atoms with Gasteiger partial charge in [0.2, 0.25) is 0 Å². The lowest BCUT2D eigenvalue weighted by Gasteiger charge is -2.10. The first-order valence-electron chi connectivity index (χ1n) is 7.74. The largest absolute Gasteiger partial charge is 0.348 e. The summed E-state index contributed by atoms with van der Waals surface area (Å²) in [6.45, 7) is 0.703. The van der Waals surface area contributed by atoms with Crippen molar-refractivity contribution in [3.63, 3.8) is 0 Å². The molecular formula is C19H16ClN3O2. The predicted octanol–water partition coefficient (Wildman–Crippen LogP) is 2.88. The summed E-state index contributed by atoms with van der Waals surface area (Å²) < 4.78 is 1.47. The highest BCUT2D eigenvalue weighted by atomic mass is 35.5. The Kier molecular flexibility index (Phi) is 5.26. The van der Waals surface area contributed by atoms with Crippen LogP contribution in [0.2, 0.25) is 5.02 Å². The van der Waals surface area contributed by atoms with Crippen molar-refractivity contribution in [3.05, 3.63) is 99.2 Å². The number of carbonyl (C=O) groups excluding carboxylic acids is 1. The minimum absolute atomic E-state index is 0.189. The van der Waals surface area contributed by atoms with E-state index in [0.717, 1.165) is 11.1 Å². The minimum Gasteiger partial charge on any atom is -0.348 e. The van der Waals surface area contributed by atoms with E-state index in [4.69, 9.17) is 11.6 Å². The molecule has 2 heterocycles. The van der Waals surface area contributed by atoms with Gasteiger partial charge in [0.1, 0.15) is 0 Å². The first-order chi connectivity index (χ1) is 12.1. The number of halogens is 1. The van der Waals surface area contributed by atoms with Crippen molar-refractivity contribution >= 4 is 17.5 Å². The van der Waals surface area contributed by atoms with Crippen LogP contribution in [0.25, 0.3) is 0 Å². The molecule has 126 valence electrons. The van der Waals surface area contributed by atoms with E-state index in [1.807, 2.05) is 30.3 Å². The Labute approximate surface area is 149 Å². The lowest BCUT2D eigenvalue weighted by atomic mass is 10.2. The number of benzene rings is 1. The molecule has 3 aromatic rings. The van der Waals surface area contributed by atoms with E-state index in [-0.39, 0.29) is 11.5 Å². The quantitative estimate of drug-likeness (QED) is 0.767. The molecular weight excluding hydrogens is 338 g/mol. The third-order valence-electron chi connectivity index (χ3n) is 3.75. The fourth-order valence-electron chi connectivity index (χ4n) is 2.38. The number of aromatic nitrogens is 2. The van der Waals surface area contributed by atoms with E-state index in [1.165, 1.54) is 16.7 Å². The van der Waals surface area contributed by atoms with Gasteiger partial charge in [0, 0.05) is 36.2 Å². The molecule has 0 aliphatic carbocycles. The Hall–Kier alpha value is -2.92. The fraction of sp³-hybridized carbons (Fsp3) is 0.105. The third-order valence-corrected chi connectivity index (χ3v) is 4.12. The van der Waals surface area contributed by atoms with Crippen molar-refractivity contribution in [2.75, 3.05) is 0 Å². The first kappa shape index (κ1) is 16.9. The molecule has 3 rings (SSSR count). The summed E-state index contributed by atoms with van der Waals surface area (Å²) in [5.41, 5.74) is 2.00. The maximum absolute atomic E-state index is 12.3. The Balaban J connectivity index is 1.75. The standard InChI is InChI=1S/C19H16ClN3O2/c20-17-4-2-1-3-15(17)12-23-13-16(5-6-18(23)24)19(25)22-11-14-7-9-21-10-8-14/h1-10,13H,11-12H2,(H,22,25). The maximum atomic E-state index is 12.3. The summed E-state index contributed by atoms with van der Waals surface area (Å²) in [6, 6.07) is 13.9. The lowest BCUT2D eigenvalue weighted by Crippen LogP contribution is -2.26. The Morgan fingerprint density at radius 2 is 1.84 bits per heavy atom. The number of nitrogens with one attached hydrogen (secondary N) is 1. The zero-order valence-electron chi connectivity index (χ0n) is 13.4. The number of amides is 1. The van der Waals surface area contributed by atoms with Crippen molar-refractivity contribution in [1.29, 1.82) is 0 Å². The number of nitrogens with zero attached hydrogens (tertiary/aromatic N) is 2. The SMILES string of the molecule is O=C(NCc1ccncc1)c1ccc(=O)n(Cc2ccccc2Cl)c1. The van der Waals surface area contributed by atoms with Gasteiger partial charge < -0.3 is 9.88 Å². The van der Waals surface area contributed by atoms with Gasteiger partial charge in [-0.2, -0.15) is 0 Å². The normalized spacial score (nSPS) is 10.4. The summed E-state index contributed by atoms with van der Waals surface area (Å²) in [4.78, 5) is 28.3. The van der Waals surface area contributed by atoms with Crippen LogP contribution in [-0.2, 0) is 13.1 Å². The summed E-state index contributed by atoms with van der Waals surface area (Å²) >= 11 is 6.15. The van der Waals surface area contributed by atoms with Crippen LogP contribution in [0, 0.1) is 0 Å². The monoisotopic (exact) mass is 353 g/mol. The number of carbonyl (C=O) groups is 1. The first-order valence-corrected chi connectivity index (χ1v) is 8.12. The highest BCUT2D eigenvalue weighted by Gasteiger charge is 2.09. The molecule has 0 fully saturated rings. The molecule has 0 saturated carbocycles. The van der Waals surface area contributed by atoms with E-state index in [9.17, 15) is 9.59 Å². The van der Waals surface area contributed by atoms with Crippen molar-refractivity contribution in [1.82, 2.24) is 14.9 Å². The second-order valence-electron chi connectivity index (χ2n) is 5.51. The minimum atomic E-state index is -0.246. The molecule has 0 spiro atoms. The molecule has 0 aliphatic rings. The van der Waals surface area contributed by atoms with Gasteiger partial charge in [0.25, 0.3) is 11.5 Å². The van der Waals surface area contributed by atoms with Crippen LogP contribution in [0.3, 0.4) is 0 Å². The van der Waals surface area contributed by atoms with Crippen molar-refractivity contribution in [2.45, 2.75) is 13.1 Å². The third kappa shape index (κ3) is 4.33. The molecule has 0 aliphatic heterocycles. The zero-order valence-corrected chi connectivity index (χ0v) is 14.1. The van der Waals surface area contributed by atoms with Crippen LogP contribution >= 0.6 is 11.6 Å². The second-order valence-corrected chi connectivity index (χ2v) is 5.92. The molecule has 1 amide bonds. The number of pyridine rings is 2. The van der Waals surface area contributed by atoms with E-state index in [0.29, 0.717) is 23.7 Å². The van der Waals surface area contributed by atoms with E-state index >= 15 is 0 Å². The molecule has 1 aromatic carbocycles. The smallest absolute Gasteiger partial charge is 0.253 e. The van der Waals surface area contributed by atoms with Crippen molar-refractivity contribution in [3.8, 4) is 0 Å². The maximum Gasteiger partial charge on any atom is 0.253 e. The Morgan fingerprint density at radius 3 is 2.60 bits per heavy atom. The number of rotatable bonds is 5. The van der Waals surface area contributed by atoms with Gasteiger partial charge in [-0.3, -0.25) is 14.6 Å². The van der Waals surface area contributed by atoms with Crippen LogP contribution in [0.15, 0.2) is 71.9 Å². The summed E-state index contributed by atoms with van der Waals surface area (Å²) in [5.74, 6) is -0.246. The van der Waals surface area contributed by atoms with Gasteiger partial charge in [-0.15, -0.1) is 0 Å². The Bertz CT molecular complexity index is 939. The highest BCUT2D eigenvalue weighted by Crippen LogP contribution is 2.15. The van der Waals surface area contributed by atoms with Gasteiger partial charge in [-0.1, -0.05) is 29.8 Å². The molecule has 1 N–H and O–H groups in total. The average Bonchev–Trinajstić information content (AvgIpc) is 2.64. The lowest BCUT2D eigenvalue weighted by molar-refractivity contribution is 0.0950. The molecule has 2 aromatic heterocycles. The molecule has 6 heteroatoms. The summed E-state index contributed by atoms with van der Waals surface area (Å²) in [7, 11) is 0. The molecule has 0 unspecified atom stereocenters. The molecule has 0 saturated heterocycles. The van der Waals surface area contributed by atoms with Gasteiger partial charge in [-0.05, 0) is 35.4 Å². The van der Waals surface area contributed by atoms with Gasteiger partial charge in [-0.25, -0.2) is 0 Å². The highest BCUT2D eigenvalue weighted by molar-refractivity contribution is 6.31. The van der Waals surface area contributed by atoms with Crippen LogP contribution < -0.4 is 10.9 Å². The van der Waals surface area contributed by atoms with Gasteiger partial charge in [0.15, 0.2) is 0 Å². The molecule has 0 bridgehead atoms. The summed E-state index contributed by atoms with van der Waals surface area (Å²) in [6.07, 6.45) is 4.89. The van der Waals surface area contributed by atoms with E-state index < -0.39 is 0 Å². The Morgan fingerprint density at radius 1 is 1.08 bits per heavy atom. The van der Waals surface area contributed by atoms with Crippen molar-refractivity contribution in [2.24, 2.45) is 0 Å². The molecule has 25 heavy (non-hydrogen) atoms. The molecule has 0 radical (unpaired) electrons. The molecule has 0 atom stereocenters. The van der Waals surface area contributed by atoms with E-state index in [2.05, 4.69) is 10.3 Å². The summed E-state index contributed by atoms with van der Waals surface area (Å²) in [5, 5.41) is 3.41. The van der Waals surface area contributed by atoms with Crippen LogP contribution in [0.1, 0.15) is 21.5 Å². The zero-order chi connectivity index (χ0) is 17.6. The second kappa shape index (κ2) is 7.77. The van der Waals surface area contributed by atoms with Crippen LogP contribution in [0.5, 0.6) is 0 Å². The predicted molar refractivity (Wildman–Crippen MR) is 96.7 cm³/mol. The van der Waals surface area contributed by atoms with E-state index in [1.54, 1.807) is 24.7 Å². The fourth-order valence-corrected chi connectivity index (χ4v) is 2.58. The van der Waals surface area contributed by atoms with Gasteiger partial charge >= 0.3 is 0 Å². The topological polar surface area (TPSA) is 64.0 Å². The van der Waals surface area contributed by atoms with Gasteiger partial charge in [0.05, 0.1) is 12.1 Å².